The molecule has 2 aromatic heterocycles. The number of carbonyl (C=O) groups is 1. The molecule has 1 atom stereocenters. The van der Waals surface area contributed by atoms with Gasteiger partial charge in [-0.15, -0.1) is 0 Å². The van der Waals surface area contributed by atoms with Crippen LogP contribution < -0.4 is 4.74 Å². The summed E-state index contributed by atoms with van der Waals surface area (Å²) in [7, 11) is 3.41. The van der Waals surface area contributed by atoms with Crippen molar-refractivity contribution in [1.29, 1.82) is 0 Å². The van der Waals surface area contributed by atoms with Gasteiger partial charge in [0.1, 0.15) is 11.8 Å². The molecule has 1 unspecified atom stereocenters. The molecule has 0 radical (unpaired) electrons. The molecule has 0 saturated heterocycles. The number of carboxylic acids is 1. The van der Waals surface area contributed by atoms with E-state index in [1.807, 2.05) is 36.4 Å². The maximum absolute atomic E-state index is 11.9. The van der Waals surface area contributed by atoms with Crippen LogP contribution in [0.25, 0.3) is 0 Å². The van der Waals surface area contributed by atoms with Gasteiger partial charge in [0.2, 0.25) is 0 Å². The summed E-state index contributed by atoms with van der Waals surface area (Å²) in [5.41, 5.74) is 2.65. The lowest BCUT2D eigenvalue weighted by atomic mass is 10.1. The molecular formula is C20H22N4O3. The number of hydrogen-bond acceptors (Lipinski definition) is 5. The Kier molecular flexibility index (Phi) is 5.83. The molecule has 3 aromatic rings. The second kappa shape index (κ2) is 8.46. The van der Waals surface area contributed by atoms with Crippen molar-refractivity contribution in [1.82, 2.24) is 19.7 Å². The van der Waals surface area contributed by atoms with Crippen molar-refractivity contribution >= 4 is 5.97 Å². The fourth-order valence-electron chi connectivity index (χ4n) is 2.98. The number of nitrogens with zero attached hydrogens (tertiary/aromatic N) is 4. The minimum Gasteiger partial charge on any atom is -0.497 e. The van der Waals surface area contributed by atoms with E-state index in [2.05, 4.69) is 10.1 Å². The number of likely N-dealkylation sites (N-methyl/N-ethyl adjacent to an activating group) is 1. The Morgan fingerprint density at radius 1 is 1.22 bits per heavy atom. The molecule has 0 amide bonds. The first-order valence-electron chi connectivity index (χ1n) is 8.54. The molecule has 7 heteroatoms. The van der Waals surface area contributed by atoms with Gasteiger partial charge in [-0.05, 0) is 36.4 Å². The smallest absolute Gasteiger partial charge is 0.325 e. The molecule has 140 valence electrons. The molecule has 0 aliphatic heterocycles. The molecule has 0 saturated carbocycles. The van der Waals surface area contributed by atoms with Crippen molar-refractivity contribution in [3.63, 3.8) is 0 Å². The van der Waals surface area contributed by atoms with E-state index in [9.17, 15) is 9.90 Å². The number of benzene rings is 1. The zero-order chi connectivity index (χ0) is 19.2. The number of methoxy groups -OCH3 is 1. The second-order valence-electron chi connectivity index (χ2n) is 6.34. The van der Waals surface area contributed by atoms with Crippen LogP contribution in [0.3, 0.4) is 0 Å². The van der Waals surface area contributed by atoms with Gasteiger partial charge in [0.25, 0.3) is 0 Å². The van der Waals surface area contributed by atoms with Crippen molar-refractivity contribution in [2.45, 2.75) is 19.1 Å². The Balaban J connectivity index is 1.73. The molecular weight excluding hydrogens is 344 g/mol. The van der Waals surface area contributed by atoms with E-state index in [1.54, 1.807) is 48.5 Å². The van der Waals surface area contributed by atoms with Crippen LogP contribution >= 0.6 is 0 Å². The molecule has 3 rings (SSSR count). The summed E-state index contributed by atoms with van der Waals surface area (Å²) in [6, 6.07) is 10.7. The van der Waals surface area contributed by atoms with Crippen LogP contribution in [0.15, 0.2) is 61.2 Å². The summed E-state index contributed by atoms with van der Waals surface area (Å²) >= 11 is 0. The SMILES string of the molecule is COc1ccc(Cn2cc(C(C(=O)O)N(C)Cc3cccnc3)cn2)cc1. The van der Waals surface area contributed by atoms with E-state index in [0.29, 0.717) is 18.7 Å². The Morgan fingerprint density at radius 2 is 2.00 bits per heavy atom. The summed E-state index contributed by atoms with van der Waals surface area (Å²) in [5.74, 6) is -0.117. The van der Waals surface area contributed by atoms with Crippen molar-refractivity contribution in [3.8, 4) is 5.75 Å². The van der Waals surface area contributed by atoms with Gasteiger partial charge in [0.05, 0.1) is 19.9 Å². The summed E-state index contributed by atoms with van der Waals surface area (Å²) in [6.45, 7) is 1.04. The van der Waals surface area contributed by atoms with Crippen LogP contribution in [0.4, 0.5) is 0 Å². The lowest BCUT2D eigenvalue weighted by Gasteiger charge is -2.23. The molecule has 0 fully saturated rings. The van der Waals surface area contributed by atoms with Crippen LogP contribution in [-0.2, 0) is 17.9 Å². The number of rotatable bonds is 8. The van der Waals surface area contributed by atoms with Gasteiger partial charge >= 0.3 is 5.97 Å². The standard InChI is InChI=1S/C20H22N4O3/c1-23(12-16-4-3-9-21-10-16)19(20(25)26)17-11-22-24(14-17)13-15-5-7-18(27-2)8-6-15/h3-11,14,19H,12-13H2,1-2H3,(H,25,26). The van der Waals surface area contributed by atoms with Crippen molar-refractivity contribution < 1.29 is 14.6 Å². The minimum absolute atomic E-state index is 0.481. The third-order valence-corrected chi connectivity index (χ3v) is 4.30. The van der Waals surface area contributed by atoms with Gasteiger partial charge in [-0.25, -0.2) is 0 Å². The zero-order valence-corrected chi connectivity index (χ0v) is 15.3. The number of carboxylic acid groups (broad SMARTS) is 1. The highest BCUT2D eigenvalue weighted by Crippen LogP contribution is 2.22. The lowest BCUT2D eigenvalue weighted by molar-refractivity contribution is -0.143. The fraction of sp³-hybridized carbons (Fsp3) is 0.250. The highest BCUT2D eigenvalue weighted by Gasteiger charge is 2.26. The van der Waals surface area contributed by atoms with E-state index in [-0.39, 0.29) is 0 Å². The van der Waals surface area contributed by atoms with Crippen LogP contribution in [0, 0.1) is 0 Å². The predicted molar refractivity (Wildman–Crippen MR) is 100 cm³/mol. The third kappa shape index (κ3) is 4.71. The molecule has 27 heavy (non-hydrogen) atoms. The number of hydrogen-bond donors (Lipinski definition) is 1. The zero-order valence-electron chi connectivity index (χ0n) is 15.3. The fourth-order valence-corrected chi connectivity index (χ4v) is 2.98. The van der Waals surface area contributed by atoms with Gasteiger partial charge in [0.15, 0.2) is 0 Å². The lowest BCUT2D eigenvalue weighted by Crippen LogP contribution is -2.30. The third-order valence-electron chi connectivity index (χ3n) is 4.30. The number of ether oxygens (including phenoxy) is 1. The first kappa shape index (κ1) is 18.6. The molecule has 1 N–H and O–H groups in total. The summed E-state index contributed by atoms with van der Waals surface area (Å²) in [6.07, 6.45) is 6.83. The van der Waals surface area contributed by atoms with Crippen LogP contribution in [0.5, 0.6) is 5.75 Å². The monoisotopic (exact) mass is 366 g/mol. The number of aliphatic carboxylic acids is 1. The first-order valence-corrected chi connectivity index (χ1v) is 8.54. The summed E-state index contributed by atoms with van der Waals surface area (Å²) < 4.78 is 6.90. The van der Waals surface area contributed by atoms with Gasteiger partial charge in [-0.3, -0.25) is 19.4 Å². The Labute approximate surface area is 157 Å². The van der Waals surface area contributed by atoms with Gasteiger partial charge in [0, 0.05) is 30.7 Å². The Morgan fingerprint density at radius 3 is 2.63 bits per heavy atom. The van der Waals surface area contributed by atoms with Gasteiger partial charge in [-0.1, -0.05) is 18.2 Å². The topological polar surface area (TPSA) is 80.5 Å². The van der Waals surface area contributed by atoms with Crippen molar-refractivity contribution in [2.75, 3.05) is 14.2 Å². The first-order chi connectivity index (χ1) is 13.1. The van der Waals surface area contributed by atoms with Gasteiger partial charge in [-0.2, -0.15) is 5.10 Å². The molecule has 2 heterocycles. The van der Waals surface area contributed by atoms with Crippen LogP contribution in [-0.4, -0.2) is 44.9 Å². The highest BCUT2D eigenvalue weighted by atomic mass is 16.5. The highest BCUT2D eigenvalue weighted by molar-refractivity contribution is 5.75. The minimum atomic E-state index is -0.912. The molecule has 7 nitrogen and oxygen atoms in total. The van der Waals surface area contributed by atoms with Crippen LogP contribution in [0.2, 0.25) is 0 Å². The number of pyridine rings is 1. The second-order valence-corrected chi connectivity index (χ2v) is 6.34. The largest absolute Gasteiger partial charge is 0.497 e. The van der Waals surface area contributed by atoms with Crippen molar-refractivity contribution in [2.24, 2.45) is 0 Å². The average Bonchev–Trinajstić information content (AvgIpc) is 3.10. The Hall–Kier alpha value is -3.19. The normalized spacial score (nSPS) is 12.1. The molecule has 0 aliphatic carbocycles. The Bertz CT molecular complexity index is 878. The molecule has 1 aromatic carbocycles. The number of aromatic nitrogens is 3. The molecule has 0 aliphatic rings. The van der Waals surface area contributed by atoms with E-state index in [0.717, 1.165) is 16.9 Å². The predicted octanol–water partition coefficient (Wildman–Crippen LogP) is 2.59. The van der Waals surface area contributed by atoms with E-state index < -0.39 is 12.0 Å². The van der Waals surface area contributed by atoms with Gasteiger partial charge < -0.3 is 9.84 Å². The van der Waals surface area contributed by atoms with Crippen molar-refractivity contribution in [3.05, 3.63) is 77.9 Å². The maximum atomic E-state index is 11.9. The van der Waals surface area contributed by atoms with E-state index in [1.165, 1.54) is 0 Å². The molecule has 0 bridgehead atoms. The molecule has 0 spiro atoms. The summed E-state index contributed by atoms with van der Waals surface area (Å²) in [5, 5.41) is 14.1. The van der Waals surface area contributed by atoms with E-state index in [4.69, 9.17) is 4.74 Å². The summed E-state index contributed by atoms with van der Waals surface area (Å²) in [4.78, 5) is 17.7. The average molecular weight is 366 g/mol. The van der Waals surface area contributed by atoms with Crippen LogP contribution in [0.1, 0.15) is 22.7 Å². The maximum Gasteiger partial charge on any atom is 0.325 e. The quantitative estimate of drug-likeness (QED) is 0.660. The van der Waals surface area contributed by atoms with E-state index >= 15 is 0 Å².